The molecule has 1 aromatic carbocycles. The summed E-state index contributed by atoms with van der Waals surface area (Å²) >= 11 is 4.73. The molecular formula is C18H15BrFNO3S. The predicted molar refractivity (Wildman–Crippen MR) is 99.6 cm³/mol. The molecular weight excluding hydrogens is 409 g/mol. The van der Waals surface area contributed by atoms with Gasteiger partial charge in [0.2, 0.25) is 0 Å². The van der Waals surface area contributed by atoms with Crippen molar-refractivity contribution in [3.05, 3.63) is 45.8 Å². The van der Waals surface area contributed by atoms with Crippen molar-refractivity contribution < 1.29 is 19.0 Å². The number of ether oxygens (including phenoxy) is 1. The van der Waals surface area contributed by atoms with Crippen LogP contribution >= 0.6 is 27.3 Å². The van der Waals surface area contributed by atoms with E-state index in [2.05, 4.69) is 20.9 Å². The Morgan fingerprint density at radius 1 is 1.36 bits per heavy atom. The van der Waals surface area contributed by atoms with E-state index in [4.69, 9.17) is 4.74 Å². The average Bonchev–Trinajstić information content (AvgIpc) is 3.05. The van der Waals surface area contributed by atoms with Crippen molar-refractivity contribution in [2.45, 2.75) is 19.8 Å². The summed E-state index contributed by atoms with van der Waals surface area (Å²) in [4.78, 5) is 16.4. The van der Waals surface area contributed by atoms with Gasteiger partial charge in [-0.3, -0.25) is 0 Å². The normalized spacial score (nSPS) is 11.0. The maximum absolute atomic E-state index is 13.2. The molecule has 0 spiro atoms. The largest absolute Gasteiger partial charge is 0.505 e. The molecule has 0 unspecified atom stereocenters. The molecule has 0 aliphatic rings. The van der Waals surface area contributed by atoms with Crippen molar-refractivity contribution in [1.82, 2.24) is 4.98 Å². The summed E-state index contributed by atoms with van der Waals surface area (Å²) in [6, 6.07) is 5.96. The fourth-order valence-corrected chi connectivity index (χ4v) is 4.04. The third-order valence-corrected chi connectivity index (χ3v) is 5.55. The molecule has 4 nitrogen and oxygen atoms in total. The monoisotopic (exact) mass is 423 g/mol. The van der Waals surface area contributed by atoms with Gasteiger partial charge in [-0.1, -0.05) is 25.5 Å². The first-order valence-electron chi connectivity index (χ1n) is 7.75. The number of fused-ring (bicyclic) bond motifs is 1. The van der Waals surface area contributed by atoms with E-state index in [9.17, 15) is 14.3 Å². The molecule has 0 saturated heterocycles. The Bertz CT molecular complexity index is 924. The molecule has 25 heavy (non-hydrogen) atoms. The van der Waals surface area contributed by atoms with Gasteiger partial charge in [0, 0.05) is 16.3 Å². The Balaban J connectivity index is 2.10. The van der Waals surface area contributed by atoms with E-state index >= 15 is 0 Å². The number of carbonyl (C=O) groups excluding carboxylic acids is 1. The smallest absolute Gasteiger partial charge is 0.360 e. The zero-order valence-corrected chi connectivity index (χ0v) is 15.8. The molecule has 1 N–H and O–H groups in total. The average molecular weight is 424 g/mol. The van der Waals surface area contributed by atoms with Crippen molar-refractivity contribution in [3.8, 4) is 16.9 Å². The molecule has 0 amide bonds. The highest BCUT2D eigenvalue weighted by Crippen LogP contribution is 2.43. The van der Waals surface area contributed by atoms with Gasteiger partial charge in [-0.15, -0.1) is 11.3 Å². The van der Waals surface area contributed by atoms with Gasteiger partial charge in [-0.25, -0.2) is 14.2 Å². The lowest BCUT2D eigenvalue weighted by Crippen LogP contribution is -2.09. The van der Waals surface area contributed by atoms with Crippen LogP contribution in [0.15, 0.2) is 34.2 Å². The zero-order valence-electron chi connectivity index (χ0n) is 13.4. The van der Waals surface area contributed by atoms with E-state index in [0.717, 1.165) is 18.4 Å². The van der Waals surface area contributed by atoms with Crippen molar-refractivity contribution in [3.63, 3.8) is 0 Å². The minimum absolute atomic E-state index is 0.128. The van der Waals surface area contributed by atoms with E-state index in [0.29, 0.717) is 20.3 Å². The Morgan fingerprint density at radius 3 is 2.76 bits per heavy atom. The number of hydrogen-bond acceptors (Lipinski definition) is 5. The van der Waals surface area contributed by atoms with Crippen LogP contribution in [0.5, 0.6) is 5.75 Å². The summed E-state index contributed by atoms with van der Waals surface area (Å²) in [5, 5.41) is 13.0. The number of thiophene rings is 1. The number of pyridine rings is 1. The summed E-state index contributed by atoms with van der Waals surface area (Å²) in [7, 11) is 0. The maximum atomic E-state index is 13.2. The topological polar surface area (TPSA) is 59.4 Å². The minimum atomic E-state index is -0.662. The Hall–Kier alpha value is -1.99. The number of aromatic hydroxyl groups is 1. The maximum Gasteiger partial charge on any atom is 0.360 e. The minimum Gasteiger partial charge on any atom is -0.505 e. The molecule has 2 aromatic heterocycles. The van der Waals surface area contributed by atoms with Crippen molar-refractivity contribution >= 4 is 43.3 Å². The van der Waals surface area contributed by atoms with Crippen LogP contribution in [0.4, 0.5) is 4.39 Å². The number of carbonyl (C=O) groups is 1. The number of benzene rings is 1. The van der Waals surface area contributed by atoms with Gasteiger partial charge in [-0.05, 0) is 40.0 Å². The number of hydrogen-bond donors (Lipinski definition) is 1. The molecule has 3 rings (SSSR count). The first-order valence-corrected chi connectivity index (χ1v) is 9.43. The van der Waals surface area contributed by atoms with Crippen LogP contribution < -0.4 is 0 Å². The Morgan fingerprint density at radius 2 is 2.08 bits per heavy atom. The van der Waals surface area contributed by atoms with E-state index in [1.54, 1.807) is 12.1 Å². The molecule has 7 heteroatoms. The lowest BCUT2D eigenvalue weighted by atomic mass is 10.0. The second kappa shape index (κ2) is 7.49. The second-order valence-corrected chi connectivity index (χ2v) is 7.08. The molecule has 0 fully saturated rings. The number of unbranched alkanes of at least 4 members (excludes halogenated alkanes) is 1. The molecule has 0 aliphatic carbocycles. The van der Waals surface area contributed by atoms with Gasteiger partial charge in [-0.2, -0.15) is 0 Å². The zero-order chi connectivity index (χ0) is 18.0. The van der Waals surface area contributed by atoms with Gasteiger partial charge in [0.05, 0.1) is 11.3 Å². The number of halogens is 2. The first-order chi connectivity index (χ1) is 12.0. The molecule has 3 aromatic rings. The molecule has 2 heterocycles. The first kappa shape index (κ1) is 17.8. The summed E-state index contributed by atoms with van der Waals surface area (Å²) < 4.78 is 19.5. The predicted octanol–water partition coefficient (Wildman–Crippen LogP) is 5.53. The standard InChI is InChI=1S/C18H15BrFNO3S/c1-2-3-8-24-18(23)14-15(22)13-12(9-25-16(13)17(19)21-14)10-4-6-11(20)7-5-10/h4-7,9,22H,2-3,8H2,1H3. The van der Waals surface area contributed by atoms with Crippen LogP contribution in [-0.4, -0.2) is 22.7 Å². The van der Waals surface area contributed by atoms with Gasteiger partial charge >= 0.3 is 5.97 Å². The number of rotatable bonds is 5. The van der Waals surface area contributed by atoms with Gasteiger partial charge < -0.3 is 9.84 Å². The fourth-order valence-electron chi connectivity index (χ4n) is 2.43. The molecule has 0 bridgehead atoms. The Labute approximate surface area is 156 Å². The van der Waals surface area contributed by atoms with Crippen LogP contribution in [0.1, 0.15) is 30.3 Å². The van der Waals surface area contributed by atoms with Crippen molar-refractivity contribution in [2.24, 2.45) is 0 Å². The third kappa shape index (κ3) is 3.52. The van der Waals surface area contributed by atoms with Crippen LogP contribution in [0.25, 0.3) is 21.2 Å². The third-order valence-electron chi connectivity index (χ3n) is 3.73. The second-order valence-electron chi connectivity index (χ2n) is 5.45. The summed E-state index contributed by atoms with van der Waals surface area (Å²) in [5.41, 5.74) is 1.33. The number of aromatic nitrogens is 1. The SMILES string of the molecule is CCCCOC(=O)c1nc(Br)c2scc(-c3ccc(F)cc3)c2c1O. The summed E-state index contributed by atoms with van der Waals surface area (Å²) in [6.07, 6.45) is 1.64. The highest BCUT2D eigenvalue weighted by molar-refractivity contribution is 9.10. The lowest BCUT2D eigenvalue weighted by molar-refractivity contribution is 0.0489. The highest BCUT2D eigenvalue weighted by atomic mass is 79.9. The molecule has 130 valence electrons. The number of esters is 1. The Kier molecular flexibility index (Phi) is 5.34. The van der Waals surface area contributed by atoms with Crippen LogP contribution in [0, 0.1) is 5.82 Å². The van der Waals surface area contributed by atoms with E-state index in [1.165, 1.54) is 23.5 Å². The van der Waals surface area contributed by atoms with E-state index in [1.807, 2.05) is 12.3 Å². The summed E-state index contributed by atoms with van der Waals surface area (Å²) in [5.74, 6) is -1.22. The molecule has 0 aliphatic heterocycles. The van der Waals surface area contributed by atoms with Gasteiger partial charge in [0.1, 0.15) is 10.4 Å². The number of nitrogens with zero attached hydrogens (tertiary/aromatic N) is 1. The lowest BCUT2D eigenvalue weighted by Gasteiger charge is -2.08. The van der Waals surface area contributed by atoms with Gasteiger partial charge in [0.15, 0.2) is 11.4 Å². The molecule has 0 saturated carbocycles. The summed E-state index contributed by atoms with van der Waals surface area (Å²) in [6.45, 7) is 2.27. The molecule has 0 atom stereocenters. The van der Waals surface area contributed by atoms with Gasteiger partial charge in [0.25, 0.3) is 0 Å². The van der Waals surface area contributed by atoms with Crippen LogP contribution in [0.2, 0.25) is 0 Å². The van der Waals surface area contributed by atoms with Crippen LogP contribution in [0.3, 0.4) is 0 Å². The van der Waals surface area contributed by atoms with E-state index in [-0.39, 0.29) is 23.9 Å². The quantitative estimate of drug-likeness (QED) is 0.333. The molecule has 0 radical (unpaired) electrons. The highest BCUT2D eigenvalue weighted by Gasteiger charge is 2.23. The van der Waals surface area contributed by atoms with Crippen molar-refractivity contribution in [1.29, 1.82) is 0 Å². The van der Waals surface area contributed by atoms with Crippen molar-refractivity contribution in [2.75, 3.05) is 6.61 Å². The van der Waals surface area contributed by atoms with Crippen LogP contribution in [-0.2, 0) is 4.74 Å². The fraction of sp³-hybridized carbons (Fsp3) is 0.222. The van der Waals surface area contributed by atoms with E-state index < -0.39 is 5.97 Å².